The third-order valence-electron chi connectivity index (χ3n) is 4.21. The molecule has 1 N–H and O–H groups in total. The van der Waals surface area contributed by atoms with Gasteiger partial charge in [0.1, 0.15) is 5.75 Å². The molecular formula is C18H27NO3. The number of methoxy groups -OCH3 is 1. The van der Waals surface area contributed by atoms with Crippen LogP contribution in [0, 0.1) is 0 Å². The summed E-state index contributed by atoms with van der Waals surface area (Å²) in [5.74, 6) is 0.329. The molecule has 122 valence electrons. The van der Waals surface area contributed by atoms with Gasteiger partial charge in [-0.15, -0.1) is 0 Å². The molecule has 22 heavy (non-hydrogen) atoms. The fourth-order valence-corrected chi connectivity index (χ4v) is 2.83. The van der Waals surface area contributed by atoms with Crippen molar-refractivity contribution in [3.8, 4) is 5.75 Å². The van der Waals surface area contributed by atoms with Crippen LogP contribution >= 0.6 is 0 Å². The van der Waals surface area contributed by atoms with Gasteiger partial charge < -0.3 is 14.8 Å². The minimum absolute atomic E-state index is 0.0455. The van der Waals surface area contributed by atoms with Crippen molar-refractivity contribution in [3.63, 3.8) is 0 Å². The zero-order valence-corrected chi connectivity index (χ0v) is 13.5. The van der Waals surface area contributed by atoms with Crippen molar-refractivity contribution >= 4 is 5.97 Å². The Bertz CT molecular complexity index is 436. The number of benzene rings is 1. The average molecular weight is 305 g/mol. The molecule has 4 heteroatoms. The van der Waals surface area contributed by atoms with Gasteiger partial charge in [-0.1, -0.05) is 44.2 Å². The number of hydrogen-bond donors (Lipinski definition) is 1. The number of ether oxygens (including phenoxy) is 2. The minimum atomic E-state index is -0.366. The van der Waals surface area contributed by atoms with E-state index in [9.17, 15) is 4.79 Å². The van der Waals surface area contributed by atoms with Crippen LogP contribution in [0.3, 0.4) is 0 Å². The average Bonchev–Trinajstić information content (AvgIpc) is 2.52. The third-order valence-corrected chi connectivity index (χ3v) is 4.21. The maximum Gasteiger partial charge on any atom is 0.343 e. The lowest BCUT2D eigenvalue weighted by atomic mass is 9.96. The van der Waals surface area contributed by atoms with E-state index in [1.54, 1.807) is 0 Å². The Hall–Kier alpha value is -1.55. The monoisotopic (exact) mass is 305 g/mol. The largest absolute Gasteiger partial charge is 0.482 e. The number of rotatable bonds is 6. The van der Waals surface area contributed by atoms with E-state index in [1.807, 2.05) is 24.3 Å². The first kappa shape index (κ1) is 16.8. The summed E-state index contributed by atoms with van der Waals surface area (Å²) in [7, 11) is 1.36. The summed E-state index contributed by atoms with van der Waals surface area (Å²) in [6.45, 7) is 0.845. The normalized spacial score (nSPS) is 16.6. The summed E-state index contributed by atoms with van der Waals surface area (Å²) in [6.07, 6.45) is 9.44. The zero-order chi connectivity index (χ0) is 15.6. The fraction of sp³-hybridized carbons (Fsp3) is 0.611. The van der Waals surface area contributed by atoms with Crippen LogP contribution in [0.1, 0.15) is 50.5 Å². The van der Waals surface area contributed by atoms with Crippen LogP contribution in [-0.2, 0) is 16.1 Å². The first-order valence-corrected chi connectivity index (χ1v) is 8.30. The maximum absolute atomic E-state index is 11.0. The number of carbonyl (C=O) groups is 1. The van der Waals surface area contributed by atoms with Crippen molar-refractivity contribution in [2.45, 2.75) is 57.5 Å². The van der Waals surface area contributed by atoms with Crippen molar-refractivity contribution in [3.05, 3.63) is 29.8 Å². The number of esters is 1. The van der Waals surface area contributed by atoms with Gasteiger partial charge in [-0.2, -0.15) is 0 Å². The standard InChI is InChI=1S/C18H27NO3/c1-21-18(20)14-22-17-11-9-15(10-12-17)13-19-16-7-5-3-2-4-6-8-16/h9-12,16,19H,2-8,13-14H2,1H3. The van der Waals surface area contributed by atoms with Gasteiger partial charge in [-0.3, -0.25) is 0 Å². The van der Waals surface area contributed by atoms with Crippen LogP contribution in [0.2, 0.25) is 0 Å². The molecule has 4 nitrogen and oxygen atoms in total. The zero-order valence-electron chi connectivity index (χ0n) is 13.5. The van der Waals surface area contributed by atoms with Gasteiger partial charge in [0.2, 0.25) is 0 Å². The van der Waals surface area contributed by atoms with Gasteiger partial charge in [0, 0.05) is 12.6 Å². The lowest BCUT2D eigenvalue weighted by Crippen LogP contribution is -2.29. The van der Waals surface area contributed by atoms with E-state index >= 15 is 0 Å². The Balaban J connectivity index is 1.74. The second kappa shape index (κ2) is 9.46. The van der Waals surface area contributed by atoms with Gasteiger partial charge in [-0.05, 0) is 30.5 Å². The van der Waals surface area contributed by atoms with E-state index in [1.165, 1.54) is 57.6 Å². The first-order chi connectivity index (χ1) is 10.8. The highest BCUT2D eigenvalue weighted by atomic mass is 16.6. The summed E-state index contributed by atoms with van der Waals surface area (Å²) < 4.78 is 9.89. The molecule has 0 amide bonds. The van der Waals surface area contributed by atoms with Crippen LogP contribution in [0.5, 0.6) is 5.75 Å². The van der Waals surface area contributed by atoms with E-state index in [0.717, 1.165) is 6.54 Å². The summed E-state index contributed by atoms with van der Waals surface area (Å²) >= 11 is 0. The molecule has 1 aromatic carbocycles. The van der Waals surface area contributed by atoms with Crippen molar-refractivity contribution in [2.24, 2.45) is 0 Å². The number of carbonyl (C=O) groups excluding carboxylic acids is 1. The molecule has 0 aliphatic heterocycles. The highest BCUT2D eigenvalue weighted by Gasteiger charge is 2.10. The SMILES string of the molecule is COC(=O)COc1ccc(CNC2CCCCCCC2)cc1. The van der Waals surface area contributed by atoms with Gasteiger partial charge in [-0.25, -0.2) is 4.79 Å². The van der Waals surface area contributed by atoms with E-state index in [0.29, 0.717) is 11.8 Å². The Labute approximate surface area is 133 Å². The predicted molar refractivity (Wildman–Crippen MR) is 86.9 cm³/mol. The quantitative estimate of drug-likeness (QED) is 0.818. The minimum Gasteiger partial charge on any atom is -0.482 e. The Morgan fingerprint density at radius 2 is 1.73 bits per heavy atom. The van der Waals surface area contributed by atoms with Gasteiger partial charge in [0.15, 0.2) is 6.61 Å². The van der Waals surface area contributed by atoms with Crippen LogP contribution < -0.4 is 10.1 Å². The molecule has 0 radical (unpaired) electrons. The van der Waals surface area contributed by atoms with Gasteiger partial charge >= 0.3 is 5.97 Å². The lowest BCUT2D eigenvalue weighted by molar-refractivity contribution is -0.142. The van der Waals surface area contributed by atoms with E-state index in [2.05, 4.69) is 10.1 Å². The van der Waals surface area contributed by atoms with E-state index in [4.69, 9.17) is 4.74 Å². The van der Waals surface area contributed by atoms with Gasteiger partial charge in [0.25, 0.3) is 0 Å². The van der Waals surface area contributed by atoms with Gasteiger partial charge in [0.05, 0.1) is 7.11 Å². The highest BCUT2D eigenvalue weighted by molar-refractivity contribution is 5.70. The molecule has 0 heterocycles. The second-order valence-corrected chi connectivity index (χ2v) is 5.93. The molecule has 0 spiro atoms. The molecule has 1 fully saturated rings. The highest BCUT2D eigenvalue weighted by Crippen LogP contribution is 2.18. The predicted octanol–water partition coefficient (Wildman–Crippen LogP) is 3.44. The number of nitrogens with one attached hydrogen (secondary N) is 1. The maximum atomic E-state index is 11.0. The Kier molecular flexibility index (Phi) is 7.23. The first-order valence-electron chi connectivity index (χ1n) is 8.30. The summed E-state index contributed by atoms with van der Waals surface area (Å²) in [5, 5.41) is 3.67. The van der Waals surface area contributed by atoms with Crippen molar-refractivity contribution < 1.29 is 14.3 Å². The fourth-order valence-electron chi connectivity index (χ4n) is 2.83. The molecule has 1 saturated carbocycles. The Morgan fingerprint density at radius 1 is 1.09 bits per heavy atom. The van der Waals surface area contributed by atoms with Crippen LogP contribution in [-0.4, -0.2) is 25.7 Å². The summed E-state index contributed by atoms with van der Waals surface area (Å²) in [4.78, 5) is 11.0. The molecule has 0 atom stereocenters. The van der Waals surface area contributed by atoms with Crippen molar-refractivity contribution in [1.82, 2.24) is 5.32 Å². The molecule has 2 rings (SSSR count). The van der Waals surface area contributed by atoms with Crippen LogP contribution in [0.15, 0.2) is 24.3 Å². The lowest BCUT2D eigenvalue weighted by Gasteiger charge is -2.21. The molecule has 0 bridgehead atoms. The van der Waals surface area contributed by atoms with Crippen LogP contribution in [0.25, 0.3) is 0 Å². The smallest absolute Gasteiger partial charge is 0.343 e. The van der Waals surface area contributed by atoms with E-state index < -0.39 is 0 Å². The summed E-state index contributed by atoms with van der Waals surface area (Å²) in [5.41, 5.74) is 1.24. The molecular weight excluding hydrogens is 278 g/mol. The summed E-state index contributed by atoms with van der Waals surface area (Å²) in [6, 6.07) is 8.54. The topological polar surface area (TPSA) is 47.6 Å². The molecule has 1 aromatic rings. The molecule has 1 aliphatic carbocycles. The van der Waals surface area contributed by atoms with Crippen LogP contribution in [0.4, 0.5) is 0 Å². The molecule has 1 aliphatic rings. The van der Waals surface area contributed by atoms with Crippen molar-refractivity contribution in [1.29, 1.82) is 0 Å². The van der Waals surface area contributed by atoms with Crippen molar-refractivity contribution in [2.75, 3.05) is 13.7 Å². The molecule has 0 saturated heterocycles. The number of hydrogen-bond acceptors (Lipinski definition) is 4. The Morgan fingerprint density at radius 3 is 2.36 bits per heavy atom. The molecule has 0 aromatic heterocycles. The van der Waals surface area contributed by atoms with E-state index in [-0.39, 0.29) is 12.6 Å². The molecule has 0 unspecified atom stereocenters. The second-order valence-electron chi connectivity index (χ2n) is 5.93. The third kappa shape index (κ3) is 6.06.